The molecule has 0 amide bonds. The molecule has 0 spiro atoms. The first-order chi connectivity index (χ1) is 9.08. The number of halogens is 2. The molecule has 0 heterocycles. The third-order valence-corrected chi connectivity index (χ3v) is 3.62. The van der Waals surface area contributed by atoms with Gasteiger partial charge in [0.15, 0.2) is 0 Å². The maximum absolute atomic E-state index is 13.5. The monoisotopic (exact) mass is 321 g/mol. The molecule has 1 unspecified atom stereocenters. The third-order valence-electron chi connectivity index (χ3n) is 3.16. The van der Waals surface area contributed by atoms with Gasteiger partial charge in [0.2, 0.25) is 0 Å². The van der Waals surface area contributed by atoms with E-state index in [9.17, 15) is 4.39 Å². The number of benzene rings is 2. The predicted molar refractivity (Wildman–Crippen MR) is 80.8 cm³/mol. The van der Waals surface area contributed by atoms with Crippen molar-refractivity contribution in [3.63, 3.8) is 0 Å². The van der Waals surface area contributed by atoms with Gasteiger partial charge in [-0.15, -0.1) is 0 Å². The molecule has 0 saturated heterocycles. The summed E-state index contributed by atoms with van der Waals surface area (Å²) < 4.78 is 14.2. The lowest BCUT2D eigenvalue weighted by Crippen LogP contribution is -2.19. The highest BCUT2D eigenvalue weighted by Crippen LogP contribution is 2.23. The Morgan fingerprint density at radius 3 is 2.63 bits per heavy atom. The standard InChI is InChI=1S/C16H17BrFN/c1-11-4-3-5-12(6-11)7-16(19-2)13-8-14(17)10-15(18)9-13/h3-6,8-10,16,19H,7H2,1-2H3. The molecule has 3 heteroatoms. The van der Waals surface area contributed by atoms with Crippen LogP contribution in [0.5, 0.6) is 0 Å². The molecule has 0 aromatic heterocycles. The van der Waals surface area contributed by atoms with Crippen LogP contribution in [0.4, 0.5) is 4.39 Å². The Morgan fingerprint density at radius 2 is 2.00 bits per heavy atom. The van der Waals surface area contributed by atoms with Gasteiger partial charge in [0.1, 0.15) is 5.82 Å². The largest absolute Gasteiger partial charge is 0.313 e. The summed E-state index contributed by atoms with van der Waals surface area (Å²) in [5.41, 5.74) is 3.45. The molecule has 1 nitrogen and oxygen atoms in total. The van der Waals surface area contributed by atoms with E-state index < -0.39 is 0 Å². The fourth-order valence-electron chi connectivity index (χ4n) is 2.24. The van der Waals surface area contributed by atoms with Crippen molar-refractivity contribution >= 4 is 15.9 Å². The molecular formula is C16H17BrFN. The van der Waals surface area contributed by atoms with Crippen LogP contribution in [-0.2, 0) is 6.42 Å². The molecule has 1 atom stereocenters. The van der Waals surface area contributed by atoms with Crippen molar-refractivity contribution in [3.05, 3.63) is 69.4 Å². The minimum absolute atomic E-state index is 0.105. The summed E-state index contributed by atoms with van der Waals surface area (Å²) in [5, 5.41) is 3.25. The molecular weight excluding hydrogens is 305 g/mol. The predicted octanol–water partition coefficient (Wildman–Crippen LogP) is 4.40. The van der Waals surface area contributed by atoms with E-state index in [1.54, 1.807) is 6.07 Å². The van der Waals surface area contributed by atoms with Crippen LogP contribution in [-0.4, -0.2) is 7.05 Å². The Hall–Kier alpha value is -1.19. The maximum atomic E-state index is 13.5. The van der Waals surface area contributed by atoms with Gasteiger partial charge in [-0.25, -0.2) is 4.39 Å². The molecule has 0 radical (unpaired) electrons. The number of likely N-dealkylation sites (N-methyl/N-ethyl adjacent to an activating group) is 1. The van der Waals surface area contributed by atoms with Gasteiger partial charge >= 0.3 is 0 Å². The van der Waals surface area contributed by atoms with Gasteiger partial charge in [-0.1, -0.05) is 45.8 Å². The van der Waals surface area contributed by atoms with Crippen molar-refractivity contribution in [3.8, 4) is 0 Å². The molecule has 0 bridgehead atoms. The summed E-state index contributed by atoms with van der Waals surface area (Å²) in [7, 11) is 1.90. The van der Waals surface area contributed by atoms with E-state index in [1.165, 1.54) is 17.2 Å². The van der Waals surface area contributed by atoms with Gasteiger partial charge in [-0.3, -0.25) is 0 Å². The van der Waals surface area contributed by atoms with Crippen molar-refractivity contribution in [1.82, 2.24) is 5.32 Å². The summed E-state index contributed by atoms with van der Waals surface area (Å²) in [5.74, 6) is -0.214. The van der Waals surface area contributed by atoms with Crippen LogP contribution in [0, 0.1) is 12.7 Å². The third kappa shape index (κ3) is 3.88. The zero-order valence-electron chi connectivity index (χ0n) is 11.1. The van der Waals surface area contributed by atoms with E-state index in [1.807, 2.05) is 13.1 Å². The van der Waals surface area contributed by atoms with E-state index in [-0.39, 0.29) is 11.9 Å². The van der Waals surface area contributed by atoms with Crippen molar-refractivity contribution in [2.75, 3.05) is 7.05 Å². The van der Waals surface area contributed by atoms with E-state index in [0.717, 1.165) is 16.5 Å². The van der Waals surface area contributed by atoms with Crippen LogP contribution in [0.15, 0.2) is 46.9 Å². The quantitative estimate of drug-likeness (QED) is 0.880. The van der Waals surface area contributed by atoms with Crippen molar-refractivity contribution < 1.29 is 4.39 Å². The Bertz CT molecular complexity index is 548. The van der Waals surface area contributed by atoms with Gasteiger partial charge in [-0.05, 0) is 49.7 Å². The zero-order valence-corrected chi connectivity index (χ0v) is 12.7. The number of rotatable bonds is 4. The number of hydrogen-bond acceptors (Lipinski definition) is 1. The summed E-state index contributed by atoms with van der Waals surface area (Å²) in [6.45, 7) is 2.08. The molecule has 2 aromatic rings. The van der Waals surface area contributed by atoms with E-state index in [2.05, 4.69) is 52.4 Å². The van der Waals surface area contributed by atoms with Crippen LogP contribution in [0.3, 0.4) is 0 Å². The Balaban J connectivity index is 2.24. The SMILES string of the molecule is CNC(Cc1cccc(C)c1)c1cc(F)cc(Br)c1. The highest BCUT2D eigenvalue weighted by Gasteiger charge is 2.12. The lowest BCUT2D eigenvalue weighted by molar-refractivity contribution is 0.576. The number of aryl methyl sites for hydroxylation is 1. The van der Waals surface area contributed by atoms with Gasteiger partial charge in [0.05, 0.1) is 0 Å². The van der Waals surface area contributed by atoms with Crippen LogP contribution < -0.4 is 5.32 Å². The summed E-state index contributed by atoms with van der Waals surface area (Å²) in [4.78, 5) is 0. The van der Waals surface area contributed by atoms with E-state index >= 15 is 0 Å². The molecule has 0 aliphatic rings. The van der Waals surface area contributed by atoms with Gasteiger partial charge in [0.25, 0.3) is 0 Å². The highest BCUT2D eigenvalue weighted by atomic mass is 79.9. The fraction of sp³-hybridized carbons (Fsp3) is 0.250. The first-order valence-corrected chi connectivity index (χ1v) is 7.06. The molecule has 0 aliphatic heterocycles. The zero-order chi connectivity index (χ0) is 13.8. The Kier molecular flexibility index (Phi) is 4.72. The van der Waals surface area contributed by atoms with E-state index in [0.29, 0.717) is 0 Å². The van der Waals surface area contributed by atoms with Crippen LogP contribution in [0.1, 0.15) is 22.7 Å². The van der Waals surface area contributed by atoms with Gasteiger partial charge in [-0.2, -0.15) is 0 Å². The molecule has 0 saturated carbocycles. The van der Waals surface area contributed by atoms with E-state index in [4.69, 9.17) is 0 Å². The second-order valence-electron chi connectivity index (χ2n) is 4.74. The minimum Gasteiger partial charge on any atom is -0.313 e. The van der Waals surface area contributed by atoms with Gasteiger partial charge in [0, 0.05) is 10.5 Å². The lowest BCUT2D eigenvalue weighted by atomic mass is 9.98. The molecule has 100 valence electrons. The normalized spacial score (nSPS) is 12.4. The van der Waals surface area contributed by atoms with Crippen LogP contribution >= 0.6 is 15.9 Å². The second-order valence-corrected chi connectivity index (χ2v) is 5.65. The smallest absolute Gasteiger partial charge is 0.124 e. The average molecular weight is 322 g/mol. The summed E-state index contributed by atoms with van der Waals surface area (Å²) >= 11 is 3.34. The summed E-state index contributed by atoms with van der Waals surface area (Å²) in [6, 6.07) is 13.5. The first kappa shape index (κ1) is 14.2. The van der Waals surface area contributed by atoms with Crippen molar-refractivity contribution in [1.29, 1.82) is 0 Å². The Labute approximate surface area is 122 Å². The second kappa shape index (κ2) is 6.31. The highest BCUT2D eigenvalue weighted by molar-refractivity contribution is 9.10. The lowest BCUT2D eigenvalue weighted by Gasteiger charge is -2.17. The molecule has 2 aromatic carbocycles. The molecule has 19 heavy (non-hydrogen) atoms. The molecule has 2 rings (SSSR count). The average Bonchev–Trinajstić information content (AvgIpc) is 2.34. The minimum atomic E-state index is -0.214. The fourth-order valence-corrected chi connectivity index (χ4v) is 2.72. The number of nitrogens with one attached hydrogen (secondary N) is 1. The topological polar surface area (TPSA) is 12.0 Å². The maximum Gasteiger partial charge on any atom is 0.124 e. The van der Waals surface area contributed by atoms with Crippen molar-refractivity contribution in [2.24, 2.45) is 0 Å². The van der Waals surface area contributed by atoms with Crippen LogP contribution in [0.25, 0.3) is 0 Å². The van der Waals surface area contributed by atoms with Crippen LogP contribution in [0.2, 0.25) is 0 Å². The molecule has 0 aliphatic carbocycles. The van der Waals surface area contributed by atoms with Crippen molar-refractivity contribution in [2.45, 2.75) is 19.4 Å². The molecule has 0 fully saturated rings. The van der Waals surface area contributed by atoms with Gasteiger partial charge < -0.3 is 5.32 Å². The number of hydrogen-bond donors (Lipinski definition) is 1. The molecule has 1 N–H and O–H groups in total. The summed E-state index contributed by atoms with van der Waals surface area (Å²) in [6.07, 6.45) is 0.841. The first-order valence-electron chi connectivity index (χ1n) is 6.27. The Morgan fingerprint density at radius 1 is 1.21 bits per heavy atom.